The Bertz CT molecular complexity index is 403. The largest absolute Gasteiger partial charge is 0.389 e. The first kappa shape index (κ1) is 15.8. The van der Waals surface area contributed by atoms with E-state index in [0.717, 1.165) is 5.56 Å². The van der Waals surface area contributed by atoms with Crippen molar-refractivity contribution in [1.82, 2.24) is 5.32 Å². The molecule has 0 aliphatic rings. The summed E-state index contributed by atoms with van der Waals surface area (Å²) < 4.78 is 35.6. The van der Waals surface area contributed by atoms with E-state index in [9.17, 15) is 18.0 Å². The molecule has 1 aromatic rings. The average Bonchev–Trinajstić information content (AvgIpc) is 2.33. The summed E-state index contributed by atoms with van der Waals surface area (Å²) in [6.07, 6.45) is -3.34. The van der Waals surface area contributed by atoms with Crippen molar-refractivity contribution in [2.75, 3.05) is 6.54 Å². The van der Waals surface area contributed by atoms with Crippen molar-refractivity contribution in [3.8, 4) is 0 Å². The number of rotatable bonds is 6. The Morgan fingerprint density at radius 2 is 1.89 bits per heavy atom. The van der Waals surface area contributed by atoms with Gasteiger partial charge in [0.05, 0.1) is 6.42 Å². The predicted octanol–water partition coefficient (Wildman–Crippen LogP) is 3.55. The number of nitrogens with one attached hydrogen (secondary N) is 1. The van der Waals surface area contributed by atoms with Gasteiger partial charge in [-0.3, -0.25) is 4.79 Å². The van der Waals surface area contributed by atoms with Crippen molar-refractivity contribution in [1.29, 1.82) is 0 Å². The van der Waals surface area contributed by atoms with Crippen molar-refractivity contribution in [3.05, 3.63) is 41.3 Å². The van der Waals surface area contributed by atoms with E-state index in [4.69, 9.17) is 11.6 Å². The van der Waals surface area contributed by atoms with Crippen LogP contribution in [0.15, 0.2) is 24.3 Å². The van der Waals surface area contributed by atoms with Crippen molar-refractivity contribution >= 4 is 17.5 Å². The molecule has 0 bridgehead atoms. The second kappa shape index (κ2) is 7.38. The van der Waals surface area contributed by atoms with Crippen LogP contribution < -0.4 is 5.32 Å². The second-order valence-corrected chi connectivity index (χ2v) is 4.48. The zero-order chi connectivity index (χ0) is 14.3. The summed E-state index contributed by atoms with van der Waals surface area (Å²) in [6.45, 7) is 0.0233. The Morgan fingerprint density at radius 3 is 2.47 bits per heavy atom. The molecule has 0 saturated carbocycles. The molecule has 1 rings (SSSR count). The highest BCUT2D eigenvalue weighted by molar-refractivity contribution is 6.30. The highest BCUT2D eigenvalue weighted by atomic mass is 35.5. The maximum atomic E-state index is 11.9. The first-order chi connectivity index (χ1) is 8.87. The molecule has 1 aromatic carbocycles. The smallest absolute Gasteiger partial charge is 0.356 e. The maximum absolute atomic E-state index is 11.9. The van der Waals surface area contributed by atoms with E-state index in [1.54, 1.807) is 24.3 Å². The molecule has 0 saturated heterocycles. The Morgan fingerprint density at radius 1 is 1.26 bits per heavy atom. The van der Waals surface area contributed by atoms with Gasteiger partial charge in [-0.2, -0.15) is 13.2 Å². The minimum atomic E-state index is -4.17. The molecule has 0 spiro atoms. The zero-order valence-electron chi connectivity index (χ0n) is 10.1. The third-order valence-electron chi connectivity index (χ3n) is 2.37. The monoisotopic (exact) mass is 292 g/mol. The number of carbonyl (C=O) groups excluding carboxylic acids is 1. The SMILES string of the molecule is O=C([CH]Cc1ccc(Cl)cc1)NCCCC(F)(F)F. The summed E-state index contributed by atoms with van der Waals surface area (Å²) >= 11 is 5.71. The Labute approximate surface area is 114 Å². The molecule has 1 radical (unpaired) electrons. The zero-order valence-corrected chi connectivity index (χ0v) is 10.9. The molecular weight excluding hydrogens is 279 g/mol. The standard InChI is InChI=1S/C13H14ClF3NO/c14-11-5-2-10(3-6-11)4-7-12(19)18-9-1-8-13(15,16)17/h2-3,5-7H,1,4,8-9H2,(H,18,19). The normalized spacial score (nSPS) is 11.4. The summed E-state index contributed by atoms with van der Waals surface area (Å²) in [7, 11) is 0. The van der Waals surface area contributed by atoms with Crippen molar-refractivity contribution in [2.24, 2.45) is 0 Å². The average molecular weight is 293 g/mol. The fraction of sp³-hybridized carbons (Fsp3) is 0.385. The van der Waals surface area contributed by atoms with E-state index in [1.165, 1.54) is 6.42 Å². The van der Waals surface area contributed by atoms with Crippen LogP contribution >= 0.6 is 11.6 Å². The molecule has 0 aromatic heterocycles. The third-order valence-corrected chi connectivity index (χ3v) is 2.62. The molecule has 0 aliphatic heterocycles. The first-order valence-corrected chi connectivity index (χ1v) is 6.17. The molecular formula is C13H14ClF3NO. The van der Waals surface area contributed by atoms with E-state index in [-0.39, 0.29) is 18.9 Å². The van der Waals surface area contributed by atoms with E-state index in [2.05, 4.69) is 5.32 Å². The van der Waals surface area contributed by atoms with Crippen LogP contribution in [0.1, 0.15) is 18.4 Å². The maximum Gasteiger partial charge on any atom is 0.389 e. The minimum absolute atomic E-state index is 0.0233. The molecule has 1 N–H and O–H groups in total. The van der Waals surface area contributed by atoms with Crippen LogP contribution in [-0.2, 0) is 11.2 Å². The second-order valence-electron chi connectivity index (χ2n) is 4.04. The van der Waals surface area contributed by atoms with Gasteiger partial charge >= 0.3 is 6.18 Å². The van der Waals surface area contributed by atoms with Crippen molar-refractivity contribution in [3.63, 3.8) is 0 Å². The van der Waals surface area contributed by atoms with Crippen LogP contribution in [0.3, 0.4) is 0 Å². The summed E-state index contributed by atoms with van der Waals surface area (Å²) in [5.41, 5.74) is 0.912. The summed E-state index contributed by atoms with van der Waals surface area (Å²) in [5.74, 6) is -0.364. The molecule has 6 heteroatoms. The van der Waals surface area contributed by atoms with Crippen LogP contribution in [0.5, 0.6) is 0 Å². The quantitative estimate of drug-likeness (QED) is 0.798. The van der Waals surface area contributed by atoms with Gasteiger partial charge in [-0.1, -0.05) is 23.7 Å². The van der Waals surface area contributed by atoms with Gasteiger partial charge in [-0.15, -0.1) is 0 Å². The topological polar surface area (TPSA) is 29.1 Å². The number of amides is 1. The van der Waals surface area contributed by atoms with Crippen LogP contribution in [0.2, 0.25) is 5.02 Å². The van der Waals surface area contributed by atoms with Gasteiger partial charge in [0.2, 0.25) is 5.91 Å². The minimum Gasteiger partial charge on any atom is -0.356 e. The van der Waals surface area contributed by atoms with Crippen LogP contribution in [-0.4, -0.2) is 18.6 Å². The number of benzene rings is 1. The van der Waals surface area contributed by atoms with Gasteiger partial charge in [0.1, 0.15) is 0 Å². The van der Waals surface area contributed by atoms with Gasteiger partial charge in [0.25, 0.3) is 0 Å². The van der Waals surface area contributed by atoms with E-state index in [0.29, 0.717) is 11.4 Å². The van der Waals surface area contributed by atoms with E-state index < -0.39 is 12.6 Å². The first-order valence-electron chi connectivity index (χ1n) is 5.79. The molecule has 1 amide bonds. The molecule has 0 atom stereocenters. The van der Waals surface area contributed by atoms with Gasteiger partial charge in [-0.05, 0) is 30.5 Å². The fourth-order valence-corrected chi connectivity index (χ4v) is 1.53. The summed E-state index contributed by atoms with van der Waals surface area (Å²) in [5, 5.41) is 3.03. The van der Waals surface area contributed by atoms with Crippen molar-refractivity contribution in [2.45, 2.75) is 25.4 Å². The molecule has 0 fully saturated rings. The highest BCUT2D eigenvalue weighted by Gasteiger charge is 2.25. The van der Waals surface area contributed by atoms with E-state index >= 15 is 0 Å². The van der Waals surface area contributed by atoms with Crippen molar-refractivity contribution < 1.29 is 18.0 Å². The van der Waals surface area contributed by atoms with Gasteiger partial charge in [0, 0.05) is 18.0 Å². The summed E-state index contributed by atoms with van der Waals surface area (Å²) in [6, 6.07) is 7.00. The number of halogens is 4. The lowest BCUT2D eigenvalue weighted by atomic mass is 10.1. The number of alkyl halides is 3. The highest BCUT2D eigenvalue weighted by Crippen LogP contribution is 2.20. The molecule has 105 valence electrons. The van der Waals surface area contributed by atoms with E-state index in [1.807, 2.05) is 0 Å². The lowest BCUT2D eigenvalue weighted by Crippen LogP contribution is -2.26. The van der Waals surface area contributed by atoms with Crippen LogP contribution in [0.4, 0.5) is 13.2 Å². The molecule has 19 heavy (non-hydrogen) atoms. The molecule has 0 aliphatic carbocycles. The number of hydrogen-bond acceptors (Lipinski definition) is 1. The van der Waals surface area contributed by atoms with Gasteiger partial charge in [-0.25, -0.2) is 0 Å². The Hall–Kier alpha value is -1.23. The van der Waals surface area contributed by atoms with Gasteiger partial charge in [0.15, 0.2) is 0 Å². The fourth-order valence-electron chi connectivity index (χ4n) is 1.40. The lowest BCUT2D eigenvalue weighted by molar-refractivity contribution is -0.136. The molecule has 0 unspecified atom stereocenters. The van der Waals surface area contributed by atoms with Gasteiger partial charge < -0.3 is 5.32 Å². The molecule has 2 nitrogen and oxygen atoms in total. The lowest BCUT2D eigenvalue weighted by Gasteiger charge is -2.07. The number of hydrogen-bond donors (Lipinski definition) is 1. The summed E-state index contributed by atoms with van der Waals surface area (Å²) in [4.78, 5) is 11.3. The molecule has 0 heterocycles. The van der Waals surface area contributed by atoms with Crippen LogP contribution in [0.25, 0.3) is 0 Å². The predicted molar refractivity (Wildman–Crippen MR) is 67.8 cm³/mol. The third kappa shape index (κ3) is 7.72. The Balaban J connectivity index is 2.16. The number of carbonyl (C=O) groups is 1. The Kier molecular flexibility index (Phi) is 6.15. The van der Waals surface area contributed by atoms with Crippen LogP contribution in [0, 0.1) is 6.42 Å².